The number of piperidine rings is 1. The zero-order valence-electron chi connectivity index (χ0n) is 11.8. The van der Waals surface area contributed by atoms with E-state index in [2.05, 4.69) is 20.9 Å². The quantitative estimate of drug-likeness (QED) is 0.760. The molecule has 1 aliphatic heterocycles. The van der Waals surface area contributed by atoms with Gasteiger partial charge in [0.05, 0.1) is 0 Å². The van der Waals surface area contributed by atoms with Crippen molar-refractivity contribution >= 4 is 17.6 Å². The maximum atomic E-state index is 12.2. The van der Waals surface area contributed by atoms with E-state index in [-0.39, 0.29) is 11.8 Å². The highest BCUT2D eigenvalue weighted by molar-refractivity contribution is 5.98. The molecular weight excluding hydrogens is 256 g/mol. The van der Waals surface area contributed by atoms with Crippen molar-refractivity contribution in [1.29, 1.82) is 0 Å². The van der Waals surface area contributed by atoms with Crippen molar-refractivity contribution in [3.63, 3.8) is 0 Å². The molecule has 1 aliphatic rings. The molecule has 0 aliphatic carbocycles. The minimum atomic E-state index is -0.438. The van der Waals surface area contributed by atoms with Crippen LogP contribution in [0.2, 0.25) is 0 Å². The van der Waals surface area contributed by atoms with E-state index < -0.39 is 6.04 Å². The van der Waals surface area contributed by atoms with Gasteiger partial charge >= 0.3 is 0 Å². The maximum Gasteiger partial charge on any atom is 0.252 e. The predicted octanol–water partition coefficient (Wildman–Crippen LogP) is 0.830. The molecule has 3 N–H and O–H groups in total. The van der Waals surface area contributed by atoms with E-state index in [1.807, 2.05) is 13.8 Å². The molecular formula is C14H20N4O2. The smallest absolute Gasteiger partial charge is 0.252 e. The summed E-state index contributed by atoms with van der Waals surface area (Å²) in [5, 5.41) is 8.61. The van der Waals surface area contributed by atoms with Crippen LogP contribution in [0.1, 0.15) is 35.8 Å². The number of amides is 2. The van der Waals surface area contributed by atoms with E-state index in [9.17, 15) is 9.59 Å². The Kier molecular flexibility index (Phi) is 4.55. The summed E-state index contributed by atoms with van der Waals surface area (Å²) in [5.41, 5.74) is 1.29. The van der Waals surface area contributed by atoms with Gasteiger partial charge in [0.15, 0.2) is 0 Å². The van der Waals surface area contributed by atoms with E-state index in [0.717, 1.165) is 18.7 Å². The molecule has 0 radical (unpaired) electrons. The van der Waals surface area contributed by atoms with Crippen molar-refractivity contribution in [3.05, 3.63) is 23.4 Å². The van der Waals surface area contributed by atoms with Gasteiger partial charge < -0.3 is 16.0 Å². The van der Waals surface area contributed by atoms with Crippen LogP contribution < -0.4 is 16.0 Å². The Morgan fingerprint density at radius 3 is 3.00 bits per heavy atom. The summed E-state index contributed by atoms with van der Waals surface area (Å²) in [4.78, 5) is 28.2. The summed E-state index contributed by atoms with van der Waals surface area (Å²) < 4.78 is 0. The van der Waals surface area contributed by atoms with Crippen LogP contribution in [0.3, 0.4) is 0 Å². The fourth-order valence-corrected chi connectivity index (χ4v) is 2.22. The number of pyridine rings is 1. The predicted molar refractivity (Wildman–Crippen MR) is 76.6 cm³/mol. The van der Waals surface area contributed by atoms with Gasteiger partial charge in [-0.15, -0.1) is 0 Å². The van der Waals surface area contributed by atoms with Crippen LogP contribution in [-0.2, 0) is 4.79 Å². The van der Waals surface area contributed by atoms with Crippen molar-refractivity contribution in [2.45, 2.75) is 32.7 Å². The molecule has 6 nitrogen and oxygen atoms in total. The molecule has 0 spiro atoms. The number of hydrogen-bond donors (Lipinski definition) is 3. The summed E-state index contributed by atoms with van der Waals surface area (Å²) in [6.07, 6.45) is 1.57. The van der Waals surface area contributed by atoms with Crippen LogP contribution >= 0.6 is 0 Å². The van der Waals surface area contributed by atoms with E-state index in [1.165, 1.54) is 0 Å². The van der Waals surface area contributed by atoms with Crippen LogP contribution in [0.4, 0.5) is 5.82 Å². The maximum absolute atomic E-state index is 12.2. The van der Waals surface area contributed by atoms with Gasteiger partial charge in [0.25, 0.3) is 5.91 Å². The molecule has 2 rings (SSSR count). The monoisotopic (exact) mass is 276 g/mol. The Hall–Kier alpha value is -2.11. The van der Waals surface area contributed by atoms with Gasteiger partial charge in [-0.1, -0.05) is 0 Å². The highest BCUT2D eigenvalue weighted by atomic mass is 16.2. The highest BCUT2D eigenvalue weighted by Gasteiger charge is 2.24. The average Bonchev–Trinajstić information content (AvgIpc) is 2.41. The summed E-state index contributed by atoms with van der Waals surface area (Å²) in [5.74, 6) is 0.324. The molecule has 1 aromatic rings. The van der Waals surface area contributed by atoms with Crippen LogP contribution in [0, 0.1) is 6.92 Å². The number of nitrogens with zero attached hydrogens (tertiary/aromatic N) is 1. The number of aryl methyl sites for hydroxylation is 1. The first-order valence-corrected chi connectivity index (χ1v) is 6.91. The van der Waals surface area contributed by atoms with Gasteiger partial charge in [-0.3, -0.25) is 9.59 Å². The lowest BCUT2D eigenvalue weighted by molar-refractivity contribution is -0.124. The van der Waals surface area contributed by atoms with Crippen LogP contribution in [0.15, 0.2) is 12.1 Å². The molecule has 1 unspecified atom stereocenters. The number of hydrogen-bond acceptors (Lipinski definition) is 4. The molecule has 0 saturated carbocycles. The summed E-state index contributed by atoms with van der Waals surface area (Å²) in [7, 11) is 0. The second-order valence-electron chi connectivity index (χ2n) is 4.87. The third-order valence-electron chi connectivity index (χ3n) is 3.16. The van der Waals surface area contributed by atoms with Gasteiger partial charge in [-0.25, -0.2) is 4.98 Å². The van der Waals surface area contributed by atoms with E-state index in [0.29, 0.717) is 24.3 Å². The fourth-order valence-electron chi connectivity index (χ4n) is 2.22. The van der Waals surface area contributed by atoms with Crippen LogP contribution in [-0.4, -0.2) is 35.9 Å². The molecule has 1 saturated heterocycles. The Balaban J connectivity index is 2.10. The number of rotatable bonds is 4. The SMILES string of the molecule is CCNc1cc(C(=O)NC2CCCNC2=O)cc(C)n1. The van der Waals surface area contributed by atoms with Gasteiger partial charge in [-0.05, 0) is 38.8 Å². The molecule has 108 valence electrons. The zero-order chi connectivity index (χ0) is 14.5. The molecule has 1 fully saturated rings. The normalized spacial score (nSPS) is 18.3. The lowest BCUT2D eigenvalue weighted by Gasteiger charge is -2.22. The van der Waals surface area contributed by atoms with Crippen molar-refractivity contribution in [3.8, 4) is 0 Å². The fraction of sp³-hybridized carbons (Fsp3) is 0.500. The first-order valence-electron chi connectivity index (χ1n) is 6.91. The Labute approximate surface area is 118 Å². The molecule has 1 aromatic heterocycles. The first-order chi connectivity index (χ1) is 9.60. The number of carbonyl (C=O) groups is 2. The van der Waals surface area contributed by atoms with E-state index in [4.69, 9.17) is 0 Å². The van der Waals surface area contributed by atoms with Crippen molar-refractivity contribution in [1.82, 2.24) is 15.6 Å². The van der Waals surface area contributed by atoms with Crippen LogP contribution in [0.5, 0.6) is 0 Å². The highest BCUT2D eigenvalue weighted by Crippen LogP contribution is 2.11. The largest absolute Gasteiger partial charge is 0.370 e. The molecule has 2 amide bonds. The van der Waals surface area contributed by atoms with E-state index >= 15 is 0 Å². The molecule has 6 heteroatoms. The number of aromatic nitrogens is 1. The molecule has 0 aromatic carbocycles. The van der Waals surface area contributed by atoms with Crippen molar-refractivity contribution < 1.29 is 9.59 Å². The second kappa shape index (κ2) is 6.36. The molecule has 0 bridgehead atoms. The summed E-state index contributed by atoms with van der Waals surface area (Å²) >= 11 is 0. The minimum Gasteiger partial charge on any atom is -0.370 e. The zero-order valence-corrected chi connectivity index (χ0v) is 11.8. The average molecular weight is 276 g/mol. The number of nitrogens with one attached hydrogen (secondary N) is 3. The van der Waals surface area contributed by atoms with Gasteiger partial charge in [0.2, 0.25) is 5.91 Å². The Bertz CT molecular complexity index is 516. The lowest BCUT2D eigenvalue weighted by atomic mass is 10.1. The molecule has 2 heterocycles. The second-order valence-corrected chi connectivity index (χ2v) is 4.87. The lowest BCUT2D eigenvalue weighted by Crippen LogP contribution is -2.50. The van der Waals surface area contributed by atoms with Gasteiger partial charge in [0, 0.05) is 24.3 Å². The summed E-state index contributed by atoms with van der Waals surface area (Å²) in [6, 6.07) is 2.98. The topological polar surface area (TPSA) is 83.1 Å². The summed E-state index contributed by atoms with van der Waals surface area (Å²) in [6.45, 7) is 5.23. The van der Waals surface area contributed by atoms with Gasteiger partial charge in [0.1, 0.15) is 11.9 Å². The third-order valence-corrected chi connectivity index (χ3v) is 3.16. The Morgan fingerprint density at radius 2 is 2.30 bits per heavy atom. The molecule has 1 atom stereocenters. The Morgan fingerprint density at radius 1 is 1.50 bits per heavy atom. The van der Waals surface area contributed by atoms with E-state index in [1.54, 1.807) is 12.1 Å². The standard InChI is InChI=1S/C14H20N4O2/c1-3-15-12-8-10(7-9(2)17-12)13(19)18-11-5-4-6-16-14(11)20/h7-8,11H,3-6H2,1-2H3,(H,15,17)(H,16,20)(H,18,19). The third kappa shape index (κ3) is 3.46. The van der Waals surface area contributed by atoms with Crippen LogP contribution in [0.25, 0.3) is 0 Å². The number of anilines is 1. The first kappa shape index (κ1) is 14.3. The van der Waals surface area contributed by atoms with Gasteiger partial charge in [-0.2, -0.15) is 0 Å². The minimum absolute atomic E-state index is 0.109. The van der Waals surface area contributed by atoms with Crippen molar-refractivity contribution in [2.24, 2.45) is 0 Å². The van der Waals surface area contributed by atoms with Crippen molar-refractivity contribution in [2.75, 3.05) is 18.4 Å². The number of carbonyl (C=O) groups excluding carboxylic acids is 2. The molecule has 20 heavy (non-hydrogen) atoms.